The molecular weight excluding hydrogens is 1020 g/mol. The standard InChI is InChI=1S/C64H86N4O12/c1-41-53(65)51-45(34-33-43-55(70)58(73)61(78-59(43)51)62(74)80-64(6,7)8)67(41)35-27-21-17-13-9-11-15-19-23-29-37-75-47-31-25-26-32-48(47)76-38-30-24-20-16-12-10-14-18-22-28-36-68-42(2)54(66)52-46(68)39-44-50(57(72)56(44)71)60(52)77-40-49(69)79-63(3,4)5/h25-26,31-34,39,61H,9-24,27-30,35-38,40,65-66H2,1-8H3. The molecule has 6 aromatic rings. The Morgan fingerprint density at radius 2 is 1.01 bits per heavy atom. The van der Waals surface area contributed by atoms with Gasteiger partial charge in [0.1, 0.15) is 22.7 Å². The zero-order valence-electron chi connectivity index (χ0n) is 48.7. The summed E-state index contributed by atoms with van der Waals surface area (Å²) in [7, 11) is 0. The average molecular weight is 1100 g/mol. The smallest absolute Gasteiger partial charge is 0.356 e. The van der Waals surface area contributed by atoms with E-state index in [2.05, 4.69) is 9.13 Å². The summed E-state index contributed by atoms with van der Waals surface area (Å²) in [5.74, 6) is -1.21. The largest absolute Gasteiger partial charge is 0.490 e. The van der Waals surface area contributed by atoms with Crippen LogP contribution in [0.1, 0.15) is 192 Å². The maximum absolute atomic E-state index is 13.1. The molecule has 1 aliphatic heterocycles. The first-order valence-corrected chi connectivity index (χ1v) is 29.3. The summed E-state index contributed by atoms with van der Waals surface area (Å²) in [6.45, 7) is 16.7. The number of carbonyl (C=O) groups excluding carboxylic acids is 4. The van der Waals surface area contributed by atoms with Crippen LogP contribution in [-0.2, 0) is 36.9 Å². The number of anilines is 2. The van der Waals surface area contributed by atoms with Gasteiger partial charge in [0.2, 0.25) is 16.6 Å². The molecule has 0 fully saturated rings. The molecule has 0 saturated carbocycles. The number of fused-ring (bicyclic) bond motifs is 5. The van der Waals surface area contributed by atoms with Gasteiger partial charge in [0.15, 0.2) is 18.1 Å². The number of esters is 2. The van der Waals surface area contributed by atoms with Gasteiger partial charge in [0.05, 0.1) is 57.3 Å². The molecule has 0 radical (unpaired) electrons. The van der Waals surface area contributed by atoms with E-state index < -0.39 is 58.3 Å². The van der Waals surface area contributed by atoms with Crippen LogP contribution in [0.2, 0.25) is 0 Å². The Morgan fingerprint density at radius 1 is 0.550 bits per heavy atom. The Hall–Kier alpha value is -6.84. The molecule has 1 unspecified atom stereocenters. The van der Waals surface area contributed by atoms with Gasteiger partial charge in [-0.15, -0.1) is 0 Å². The molecule has 16 heteroatoms. The van der Waals surface area contributed by atoms with Crippen LogP contribution in [0.25, 0.3) is 32.6 Å². The first-order valence-electron chi connectivity index (χ1n) is 29.3. The number of benzene rings is 3. The summed E-state index contributed by atoms with van der Waals surface area (Å²) in [4.78, 5) is 76.3. The molecule has 434 valence electrons. The van der Waals surface area contributed by atoms with Gasteiger partial charge in [0, 0.05) is 29.9 Å². The molecule has 0 spiro atoms. The lowest BCUT2D eigenvalue weighted by molar-refractivity contribution is -0.165. The summed E-state index contributed by atoms with van der Waals surface area (Å²) in [5.41, 5.74) is 14.7. The van der Waals surface area contributed by atoms with E-state index >= 15 is 0 Å². The van der Waals surface area contributed by atoms with Gasteiger partial charge in [-0.2, -0.15) is 0 Å². The van der Waals surface area contributed by atoms with Crippen LogP contribution < -0.4 is 41.3 Å². The van der Waals surface area contributed by atoms with E-state index in [1.807, 2.05) is 44.2 Å². The number of aryl methyl sites for hydroxylation is 2. The molecule has 4 aromatic carbocycles. The summed E-state index contributed by atoms with van der Waals surface area (Å²) < 4.78 is 39.2. The van der Waals surface area contributed by atoms with Crippen molar-refractivity contribution < 1.29 is 47.6 Å². The molecule has 2 aromatic heterocycles. The second kappa shape index (κ2) is 27.6. The number of hydrogen-bond donors (Lipinski definition) is 2. The molecule has 1 atom stereocenters. The highest BCUT2D eigenvalue weighted by atomic mass is 16.6. The van der Waals surface area contributed by atoms with E-state index in [0.717, 1.165) is 111 Å². The quantitative estimate of drug-likeness (QED) is 0.0174. The van der Waals surface area contributed by atoms with Crippen molar-refractivity contribution in [2.24, 2.45) is 0 Å². The van der Waals surface area contributed by atoms with Crippen molar-refractivity contribution in [2.45, 2.75) is 214 Å². The topological polar surface area (TPSA) is 220 Å². The Morgan fingerprint density at radius 3 is 1.51 bits per heavy atom. The Bertz CT molecular complexity index is 3210. The molecular formula is C64H86N4O12. The number of aromatic nitrogens is 2. The molecule has 3 heterocycles. The highest BCUT2D eigenvalue weighted by Gasteiger charge is 2.44. The maximum atomic E-state index is 13.1. The van der Waals surface area contributed by atoms with E-state index in [-0.39, 0.29) is 22.4 Å². The summed E-state index contributed by atoms with van der Waals surface area (Å²) in [6, 6.07) is 13.1. The predicted octanol–water partition coefficient (Wildman–Crippen LogP) is 12.7. The van der Waals surface area contributed by atoms with Gasteiger partial charge < -0.3 is 49.0 Å². The minimum absolute atomic E-state index is 0.111. The number of para-hydroxylation sites is 2. The summed E-state index contributed by atoms with van der Waals surface area (Å²) in [5, 5.41) is 1.59. The number of nitrogen functional groups attached to an aromatic ring is 2. The van der Waals surface area contributed by atoms with Gasteiger partial charge in [-0.3, -0.25) is 19.2 Å². The molecule has 0 amide bonds. The van der Waals surface area contributed by atoms with Gasteiger partial charge in [0.25, 0.3) is 11.9 Å². The van der Waals surface area contributed by atoms with E-state index in [4.69, 9.17) is 39.9 Å². The fourth-order valence-electron chi connectivity index (χ4n) is 10.8. The van der Waals surface area contributed by atoms with Crippen molar-refractivity contribution in [3.05, 3.63) is 79.9 Å². The van der Waals surface area contributed by atoms with Gasteiger partial charge in [-0.05, 0) is 111 Å². The second-order valence-electron chi connectivity index (χ2n) is 23.6. The fourth-order valence-corrected chi connectivity index (χ4v) is 10.8. The van der Waals surface area contributed by atoms with Crippen LogP contribution in [-0.4, -0.2) is 69.8 Å². The first-order chi connectivity index (χ1) is 38.2. The number of ketones is 2. The van der Waals surface area contributed by atoms with Crippen LogP contribution in [0, 0.1) is 13.8 Å². The normalized spacial score (nSPS) is 13.8. The van der Waals surface area contributed by atoms with Crippen LogP contribution in [0.3, 0.4) is 0 Å². The molecule has 4 N–H and O–H groups in total. The number of unbranched alkanes of at least 4 members (excludes halogenated alkanes) is 18. The number of nitrogens with two attached hydrogens (primary N) is 2. The third-order valence-electron chi connectivity index (χ3n) is 15.0. The molecule has 1 aliphatic rings. The second-order valence-corrected chi connectivity index (χ2v) is 23.6. The first kappa shape index (κ1) is 60.8. The number of hydrogen-bond acceptors (Lipinski definition) is 14. The lowest BCUT2D eigenvalue weighted by Gasteiger charge is -2.27. The Balaban J connectivity index is 0.695. The monoisotopic (exact) mass is 1100 g/mol. The molecule has 0 aliphatic carbocycles. The maximum Gasteiger partial charge on any atom is 0.356 e. The van der Waals surface area contributed by atoms with E-state index in [1.54, 1.807) is 53.7 Å². The number of ether oxygens (including phenoxy) is 6. The van der Waals surface area contributed by atoms with Crippen molar-refractivity contribution in [3.8, 4) is 23.0 Å². The number of rotatable bonds is 32. The molecule has 0 bridgehead atoms. The van der Waals surface area contributed by atoms with Crippen molar-refractivity contribution in [2.75, 3.05) is 31.3 Å². The number of nitrogens with zero attached hydrogens (tertiary/aromatic N) is 2. The van der Waals surface area contributed by atoms with Crippen molar-refractivity contribution >= 4 is 67.5 Å². The van der Waals surface area contributed by atoms with Crippen LogP contribution in [0.15, 0.2) is 52.1 Å². The third kappa shape index (κ3) is 15.1. The van der Waals surface area contributed by atoms with Gasteiger partial charge in [-0.1, -0.05) is 115 Å². The number of Topliss-reactive ketones (excluding diaryl/α,β-unsaturated/α-hetero) is 2. The Kier molecular flexibility index (Phi) is 20.9. The predicted molar refractivity (Wildman–Crippen MR) is 315 cm³/mol. The lowest BCUT2D eigenvalue weighted by Crippen LogP contribution is -2.46. The average Bonchev–Trinajstić information content (AvgIpc) is 4.01. The molecule has 7 rings (SSSR count). The highest BCUT2D eigenvalue weighted by molar-refractivity contribution is 6.50. The van der Waals surface area contributed by atoms with Crippen molar-refractivity contribution in [1.82, 2.24) is 9.13 Å². The Labute approximate surface area is 470 Å². The van der Waals surface area contributed by atoms with E-state index in [1.165, 1.54) is 64.2 Å². The van der Waals surface area contributed by atoms with Crippen LogP contribution in [0.4, 0.5) is 11.4 Å². The lowest BCUT2D eigenvalue weighted by atomic mass is 9.97. The van der Waals surface area contributed by atoms with Crippen LogP contribution in [0.5, 0.6) is 23.0 Å². The zero-order valence-corrected chi connectivity index (χ0v) is 48.7. The van der Waals surface area contributed by atoms with Crippen molar-refractivity contribution in [3.63, 3.8) is 0 Å². The summed E-state index contributed by atoms with van der Waals surface area (Å²) >= 11 is 0. The SMILES string of the molecule is Cc1c(N)c2c3c(ccc2n1CCCCCCCCCCCCOc1ccccc1OCCCCCCCCCCCCn1c(C)c(N)c2c(OCC(=O)OC(C)(C)C)c4c(=O)c(=O)c4cc21)C(=O)C(=O)C(C(=O)OC(C)(C)C)O3. The van der Waals surface area contributed by atoms with E-state index in [0.29, 0.717) is 40.7 Å². The molecule has 0 saturated heterocycles. The number of carbonyl (C=O) groups is 4. The van der Waals surface area contributed by atoms with Gasteiger partial charge >= 0.3 is 11.9 Å². The van der Waals surface area contributed by atoms with Gasteiger partial charge in [-0.25, -0.2) is 9.59 Å². The van der Waals surface area contributed by atoms with E-state index in [9.17, 15) is 28.8 Å². The minimum Gasteiger partial charge on any atom is -0.490 e. The van der Waals surface area contributed by atoms with Crippen LogP contribution >= 0.6 is 0 Å². The highest BCUT2D eigenvalue weighted by Crippen LogP contribution is 2.43. The van der Waals surface area contributed by atoms with Crippen molar-refractivity contribution in [1.29, 1.82) is 0 Å². The fraction of sp³-hybridized carbons (Fsp3) is 0.562. The minimum atomic E-state index is -1.66. The molecule has 16 nitrogen and oxygen atoms in total. The molecule has 80 heavy (non-hydrogen) atoms. The summed E-state index contributed by atoms with van der Waals surface area (Å²) in [6.07, 6.45) is 21.0. The zero-order chi connectivity index (χ0) is 57.7. The third-order valence-corrected chi connectivity index (χ3v) is 15.0.